The van der Waals surface area contributed by atoms with Gasteiger partial charge < -0.3 is 4.90 Å². The molecule has 2 aromatic rings. The van der Waals surface area contributed by atoms with Gasteiger partial charge in [-0.1, -0.05) is 6.07 Å². The fraction of sp³-hybridized carbons (Fsp3) is 0.400. The van der Waals surface area contributed by atoms with Gasteiger partial charge in [-0.3, -0.25) is 20.4 Å². The van der Waals surface area contributed by atoms with Crippen molar-refractivity contribution >= 4 is 23.5 Å². The van der Waals surface area contributed by atoms with Crippen LogP contribution in [-0.2, 0) is 22.4 Å². The minimum absolute atomic E-state index is 0.0178. The number of rotatable bonds is 4. The molecule has 2 heterocycles. The number of nitrogens with one attached hydrogen (secondary N) is 2. The summed E-state index contributed by atoms with van der Waals surface area (Å²) >= 11 is 0. The first-order chi connectivity index (χ1) is 13.0. The number of aryl methyl sites for hydroxylation is 4. The maximum absolute atomic E-state index is 12.5. The van der Waals surface area contributed by atoms with Crippen LogP contribution in [0.4, 0.5) is 11.6 Å². The highest BCUT2D eigenvalue weighted by Crippen LogP contribution is 2.30. The number of carbonyl (C=O) groups excluding carboxylic acids is 2. The van der Waals surface area contributed by atoms with Crippen molar-refractivity contribution in [2.24, 2.45) is 5.92 Å². The molecule has 1 fully saturated rings. The van der Waals surface area contributed by atoms with Gasteiger partial charge in [-0.15, -0.1) is 0 Å². The lowest BCUT2D eigenvalue weighted by Crippen LogP contribution is -2.37. The predicted molar refractivity (Wildman–Crippen MR) is 102 cm³/mol. The summed E-state index contributed by atoms with van der Waals surface area (Å²) in [6.07, 6.45) is 3.55. The van der Waals surface area contributed by atoms with E-state index in [1.807, 2.05) is 26.0 Å². The molecule has 1 atom stereocenters. The second-order valence-electron chi connectivity index (χ2n) is 7.30. The molecule has 2 aliphatic rings. The van der Waals surface area contributed by atoms with E-state index in [-0.39, 0.29) is 18.2 Å². The molecule has 140 valence electrons. The van der Waals surface area contributed by atoms with Crippen molar-refractivity contribution in [2.75, 3.05) is 16.9 Å². The first-order valence-corrected chi connectivity index (χ1v) is 9.30. The second-order valence-corrected chi connectivity index (χ2v) is 7.30. The van der Waals surface area contributed by atoms with Gasteiger partial charge in [0, 0.05) is 30.0 Å². The summed E-state index contributed by atoms with van der Waals surface area (Å²) in [6, 6.07) is 8.06. The Morgan fingerprint density at radius 3 is 2.63 bits per heavy atom. The van der Waals surface area contributed by atoms with E-state index in [9.17, 15) is 9.59 Å². The van der Waals surface area contributed by atoms with E-state index in [2.05, 4.69) is 33.0 Å². The minimum Gasteiger partial charge on any atom is -0.312 e. The summed E-state index contributed by atoms with van der Waals surface area (Å²) in [5.74, 6) is -0.296. The quantitative estimate of drug-likeness (QED) is 0.810. The molecule has 4 rings (SSSR count). The van der Waals surface area contributed by atoms with Crippen LogP contribution in [0.3, 0.4) is 0 Å². The van der Waals surface area contributed by atoms with E-state index in [1.165, 1.54) is 17.5 Å². The highest BCUT2D eigenvalue weighted by Gasteiger charge is 2.35. The Labute approximate surface area is 158 Å². The van der Waals surface area contributed by atoms with E-state index < -0.39 is 5.92 Å². The lowest BCUT2D eigenvalue weighted by atomic mass is 10.1. The monoisotopic (exact) mass is 365 g/mol. The van der Waals surface area contributed by atoms with Crippen LogP contribution in [0.25, 0.3) is 0 Å². The number of hydrogen-bond acceptors (Lipinski definition) is 5. The molecule has 7 nitrogen and oxygen atoms in total. The molecule has 27 heavy (non-hydrogen) atoms. The van der Waals surface area contributed by atoms with Crippen LogP contribution in [0.5, 0.6) is 0 Å². The zero-order chi connectivity index (χ0) is 19.0. The van der Waals surface area contributed by atoms with Crippen LogP contribution in [0.15, 0.2) is 24.3 Å². The number of amides is 2. The van der Waals surface area contributed by atoms with Gasteiger partial charge in [-0.2, -0.15) is 0 Å². The summed E-state index contributed by atoms with van der Waals surface area (Å²) in [6.45, 7) is 4.12. The summed E-state index contributed by atoms with van der Waals surface area (Å²) in [5, 5.41) is 0. The molecule has 0 unspecified atom stereocenters. The zero-order valence-electron chi connectivity index (χ0n) is 15.6. The Bertz CT molecular complexity index is 891. The third-order valence-electron chi connectivity index (χ3n) is 5.17. The zero-order valence-corrected chi connectivity index (χ0v) is 15.6. The molecule has 0 spiro atoms. The molecule has 2 amide bonds. The Morgan fingerprint density at radius 2 is 1.85 bits per heavy atom. The number of fused-ring (bicyclic) bond motifs is 1. The first kappa shape index (κ1) is 17.5. The lowest BCUT2D eigenvalue weighted by molar-refractivity contribution is -0.125. The van der Waals surface area contributed by atoms with Gasteiger partial charge in [0.05, 0.1) is 5.92 Å². The van der Waals surface area contributed by atoms with E-state index >= 15 is 0 Å². The number of benzene rings is 1. The number of carbonyl (C=O) groups is 2. The third kappa shape index (κ3) is 3.63. The molecule has 0 bridgehead atoms. The summed E-state index contributed by atoms with van der Waals surface area (Å²) in [4.78, 5) is 35.1. The topological polar surface area (TPSA) is 87.2 Å². The van der Waals surface area contributed by atoms with Crippen LogP contribution in [0, 0.1) is 19.8 Å². The Kier molecular flexibility index (Phi) is 4.51. The number of hydrazine groups is 1. The SMILES string of the molecule is Cc1cc(C)nc(NNC(=O)[C@H]2CC(=O)N(c3ccc4c(c3)CCC4)C2)n1. The molecule has 1 aliphatic carbocycles. The van der Waals surface area contributed by atoms with Crippen molar-refractivity contribution in [3.8, 4) is 0 Å². The molecule has 1 aromatic heterocycles. The molecule has 0 radical (unpaired) electrons. The molecule has 1 aromatic carbocycles. The lowest BCUT2D eigenvalue weighted by Gasteiger charge is -2.18. The largest absolute Gasteiger partial charge is 0.312 e. The number of nitrogens with zero attached hydrogens (tertiary/aromatic N) is 3. The predicted octanol–water partition coefficient (Wildman–Crippen LogP) is 2.08. The van der Waals surface area contributed by atoms with Crippen LogP contribution in [0.1, 0.15) is 35.4 Å². The molecule has 1 saturated heterocycles. The fourth-order valence-corrected chi connectivity index (χ4v) is 3.86. The third-order valence-corrected chi connectivity index (χ3v) is 5.17. The normalized spacial score (nSPS) is 18.5. The van der Waals surface area contributed by atoms with Crippen molar-refractivity contribution in [1.29, 1.82) is 0 Å². The molecule has 1 aliphatic heterocycles. The van der Waals surface area contributed by atoms with Gasteiger partial charge in [-0.25, -0.2) is 9.97 Å². The van der Waals surface area contributed by atoms with Gasteiger partial charge in [0.15, 0.2) is 0 Å². The van der Waals surface area contributed by atoms with Crippen LogP contribution >= 0.6 is 0 Å². The van der Waals surface area contributed by atoms with Crippen molar-refractivity contribution in [2.45, 2.75) is 39.5 Å². The minimum atomic E-state index is -0.399. The van der Waals surface area contributed by atoms with Crippen LogP contribution < -0.4 is 15.8 Å². The molecule has 2 N–H and O–H groups in total. The second kappa shape index (κ2) is 6.98. The molecule has 0 saturated carbocycles. The smallest absolute Gasteiger partial charge is 0.243 e. The van der Waals surface area contributed by atoms with Gasteiger partial charge in [0.25, 0.3) is 0 Å². The Balaban J connectivity index is 1.40. The summed E-state index contributed by atoms with van der Waals surface area (Å²) < 4.78 is 0. The van der Waals surface area contributed by atoms with Crippen molar-refractivity contribution in [3.63, 3.8) is 0 Å². The van der Waals surface area contributed by atoms with Crippen LogP contribution in [0.2, 0.25) is 0 Å². The highest BCUT2D eigenvalue weighted by atomic mass is 16.2. The van der Waals surface area contributed by atoms with Gasteiger partial charge in [-0.05, 0) is 62.4 Å². The Morgan fingerprint density at radius 1 is 1.11 bits per heavy atom. The fourth-order valence-electron chi connectivity index (χ4n) is 3.86. The number of anilines is 2. The van der Waals surface area contributed by atoms with E-state index in [1.54, 1.807) is 4.90 Å². The van der Waals surface area contributed by atoms with Crippen molar-refractivity contribution in [1.82, 2.24) is 15.4 Å². The first-order valence-electron chi connectivity index (χ1n) is 9.30. The van der Waals surface area contributed by atoms with Gasteiger partial charge >= 0.3 is 0 Å². The summed E-state index contributed by atoms with van der Waals surface area (Å²) in [7, 11) is 0. The standard InChI is InChI=1S/C20H23N5O2/c1-12-8-13(2)22-20(21-12)24-23-19(27)16-10-18(26)25(11-16)17-7-6-14-4-3-5-15(14)9-17/h6-9,16H,3-5,10-11H2,1-2H3,(H,23,27)(H,21,22,24)/t16-/m0/s1. The maximum Gasteiger partial charge on any atom is 0.243 e. The Hall–Kier alpha value is -2.96. The molecular formula is C20H23N5O2. The molecular weight excluding hydrogens is 342 g/mol. The van der Waals surface area contributed by atoms with E-state index in [0.29, 0.717) is 12.5 Å². The molecule has 7 heteroatoms. The van der Waals surface area contributed by atoms with Gasteiger partial charge in [0.1, 0.15) is 0 Å². The average Bonchev–Trinajstić information content (AvgIpc) is 3.24. The number of aromatic nitrogens is 2. The van der Waals surface area contributed by atoms with Crippen molar-refractivity contribution in [3.05, 3.63) is 46.8 Å². The highest BCUT2D eigenvalue weighted by molar-refractivity contribution is 6.00. The average molecular weight is 365 g/mol. The van der Waals surface area contributed by atoms with Crippen LogP contribution in [-0.4, -0.2) is 28.3 Å². The van der Waals surface area contributed by atoms with E-state index in [4.69, 9.17) is 0 Å². The summed E-state index contributed by atoms with van der Waals surface area (Å²) in [5.41, 5.74) is 10.6. The number of hydrogen-bond donors (Lipinski definition) is 2. The van der Waals surface area contributed by atoms with Gasteiger partial charge in [0.2, 0.25) is 17.8 Å². The van der Waals surface area contributed by atoms with E-state index in [0.717, 1.165) is 29.9 Å². The van der Waals surface area contributed by atoms with Crippen molar-refractivity contribution < 1.29 is 9.59 Å². The maximum atomic E-state index is 12.5.